The number of amides is 1. The molecule has 3 aromatic rings. The van der Waals surface area contributed by atoms with Gasteiger partial charge in [0.15, 0.2) is 0 Å². The van der Waals surface area contributed by atoms with Crippen molar-refractivity contribution in [1.82, 2.24) is 9.88 Å². The maximum Gasteiger partial charge on any atom is 0.341 e. The van der Waals surface area contributed by atoms with Crippen molar-refractivity contribution in [3.8, 4) is 5.75 Å². The maximum atomic E-state index is 15.4. The molecule has 11 nitrogen and oxygen atoms in total. The zero-order chi connectivity index (χ0) is 28.7. The molecule has 40 heavy (non-hydrogen) atoms. The summed E-state index contributed by atoms with van der Waals surface area (Å²) in [5.41, 5.74) is -0.509. The lowest BCUT2D eigenvalue weighted by atomic mass is 10.1. The van der Waals surface area contributed by atoms with Gasteiger partial charge in [-0.1, -0.05) is 11.6 Å². The molecule has 2 fully saturated rings. The van der Waals surface area contributed by atoms with Gasteiger partial charge in [0.2, 0.25) is 11.3 Å². The van der Waals surface area contributed by atoms with Crippen LogP contribution >= 0.6 is 11.6 Å². The van der Waals surface area contributed by atoms with Crippen LogP contribution in [0.3, 0.4) is 0 Å². The molecule has 1 saturated carbocycles. The summed E-state index contributed by atoms with van der Waals surface area (Å²) in [5.74, 6) is -3.53. The molecule has 2 aromatic carbocycles. The number of fused-ring (bicyclic) bond motifs is 1. The Bertz CT molecular complexity index is 1600. The van der Waals surface area contributed by atoms with Crippen LogP contribution in [0, 0.1) is 5.82 Å². The second-order valence-electron chi connectivity index (χ2n) is 9.82. The Hall–Kier alpha value is -4.16. The molecule has 1 atom stereocenters. The van der Waals surface area contributed by atoms with Gasteiger partial charge in [-0.15, -0.1) is 0 Å². The predicted molar refractivity (Wildman–Crippen MR) is 145 cm³/mol. The average molecular weight is 573 g/mol. The van der Waals surface area contributed by atoms with Crippen molar-refractivity contribution in [3.05, 3.63) is 62.7 Å². The Morgan fingerprint density at radius 1 is 1.18 bits per heavy atom. The normalized spacial score (nSPS) is 16.8. The van der Waals surface area contributed by atoms with Gasteiger partial charge < -0.3 is 35.1 Å². The summed E-state index contributed by atoms with van der Waals surface area (Å²) in [6, 6.07) is 4.92. The zero-order valence-corrected chi connectivity index (χ0v) is 22.1. The van der Waals surface area contributed by atoms with Crippen LogP contribution in [-0.4, -0.2) is 65.4 Å². The number of carboxylic acids is 1. The highest BCUT2D eigenvalue weighted by Crippen LogP contribution is 2.42. The van der Waals surface area contributed by atoms with Crippen molar-refractivity contribution in [2.75, 3.05) is 37.0 Å². The lowest BCUT2D eigenvalue weighted by molar-refractivity contribution is -0.115. The van der Waals surface area contributed by atoms with Crippen LogP contribution in [0.1, 0.15) is 46.0 Å². The molecule has 13 heteroatoms. The first-order chi connectivity index (χ1) is 19.1. The lowest BCUT2D eigenvalue weighted by Crippen LogP contribution is -2.38. The lowest BCUT2D eigenvalue weighted by Gasteiger charge is -2.23. The minimum Gasteiger partial charge on any atom is -0.507 e. The largest absolute Gasteiger partial charge is 0.507 e. The fourth-order valence-electron chi connectivity index (χ4n) is 4.98. The number of aromatic nitrogens is 1. The summed E-state index contributed by atoms with van der Waals surface area (Å²) in [6.45, 7) is 0.710. The number of benzene rings is 2. The second kappa shape index (κ2) is 10.8. The molecule has 0 bridgehead atoms. The quantitative estimate of drug-likeness (QED) is 0.298. The van der Waals surface area contributed by atoms with Gasteiger partial charge in [0, 0.05) is 43.1 Å². The number of carbonyl (C=O) groups excluding carboxylic acids is 2. The molecule has 0 radical (unpaired) electrons. The van der Waals surface area contributed by atoms with Crippen LogP contribution in [0.15, 0.2) is 35.3 Å². The van der Waals surface area contributed by atoms with Gasteiger partial charge in [0.25, 0.3) is 0 Å². The van der Waals surface area contributed by atoms with Crippen molar-refractivity contribution >= 4 is 51.7 Å². The second-order valence-corrected chi connectivity index (χ2v) is 10.2. The highest BCUT2D eigenvalue weighted by atomic mass is 35.5. The number of phenolic OH excluding ortho intramolecular Hbond substituents is 1. The summed E-state index contributed by atoms with van der Waals surface area (Å²) < 4.78 is 21.6. The molecule has 1 aliphatic carbocycles. The van der Waals surface area contributed by atoms with Crippen molar-refractivity contribution in [2.24, 2.45) is 0 Å². The van der Waals surface area contributed by atoms with Crippen LogP contribution in [0.25, 0.3) is 10.9 Å². The van der Waals surface area contributed by atoms with Crippen LogP contribution in [0.5, 0.6) is 5.75 Å². The first kappa shape index (κ1) is 27.4. The number of hydrogen-bond donors (Lipinski definition) is 4. The zero-order valence-electron chi connectivity index (χ0n) is 21.4. The molecule has 5 rings (SSSR count). The van der Waals surface area contributed by atoms with Gasteiger partial charge in [-0.3, -0.25) is 9.59 Å². The molecule has 0 spiro atoms. The first-order valence-electron chi connectivity index (χ1n) is 12.6. The summed E-state index contributed by atoms with van der Waals surface area (Å²) >= 11 is 6.70. The number of anilines is 2. The first-order valence-corrected chi connectivity index (χ1v) is 13.0. The molecular weight excluding hydrogens is 547 g/mol. The standard InChI is InChI=1S/C27H26ClFN4O7/c1-40-27(39)16-5-2-13(8-20(16)34)31-21(35)10-30-14-6-7-32(11-14)24-19(29)9-17-23(22(24)28)33(15-3-4-15)12-18(25(17)36)26(37)38/h2,5,8-9,12,14-15,30,34H,3-4,6-7,10-11H2,1H3,(H,31,35)(H,37,38). The van der Waals surface area contributed by atoms with Crippen molar-refractivity contribution < 1.29 is 33.7 Å². The van der Waals surface area contributed by atoms with E-state index in [-0.39, 0.29) is 51.9 Å². The van der Waals surface area contributed by atoms with Crippen LogP contribution in [0.2, 0.25) is 5.02 Å². The van der Waals surface area contributed by atoms with E-state index in [0.29, 0.717) is 30.7 Å². The van der Waals surface area contributed by atoms with Gasteiger partial charge in [-0.2, -0.15) is 0 Å². The molecule has 1 amide bonds. The molecule has 2 aliphatic rings. The van der Waals surface area contributed by atoms with E-state index in [1.807, 2.05) is 0 Å². The maximum absolute atomic E-state index is 15.4. The Kier molecular flexibility index (Phi) is 7.39. The molecule has 1 aromatic heterocycles. The van der Waals surface area contributed by atoms with E-state index in [4.69, 9.17) is 11.6 Å². The highest BCUT2D eigenvalue weighted by molar-refractivity contribution is 6.38. The van der Waals surface area contributed by atoms with E-state index >= 15 is 4.39 Å². The fourth-order valence-corrected chi connectivity index (χ4v) is 5.39. The van der Waals surface area contributed by atoms with Gasteiger partial charge >= 0.3 is 11.9 Å². The summed E-state index contributed by atoms with van der Waals surface area (Å²) in [7, 11) is 1.19. The third-order valence-electron chi connectivity index (χ3n) is 7.10. The Morgan fingerprint density at radius 3 is 2.58 bits per heavy atom. The third kappa shape index (κ3) is 5.19. The highest BCUT2D eigenvalue weighted by Gasteiger charge is 2.32. The van der Waals surface area contributed by atoms with Gasteiger partial charge in [-0.25, -0.2) is 14.0 Å². The number of ether oxygens (including phenoxy) is 1. The number of methoxy groups -OCH3 is 1. The summed E-state index contributed by atoms with van der Waals surface area (Å²) in [6.07, 6.45) is 3.47. The van der Waals surface area contributed by atoms with Crippen LogP contribution < -0.4 is 21.0 Å². The average Bonchev–Trinajstić information content (AvgIpc) is 3.65. The number of carbonyl (C=O) groups is 3. The molecule has 1 aliphatic heterocycles. The third-order valence-corrected chi connectivity index (χ3v) is 7.46. The minimum absolute atomic E-state index is 0.0119. The van der Waals surface area contributed by atoms with Gasteiger partial charge in [0.05, 0.1) is 35.3 Å². The van der Waals surface area contributed by atoms with Crippen LogP contribution in [-0.2, 0) is 9.53 Å². The van der Waals surface area contributed by atoms with E-state index in [2.05, 4.69) is 15.4 Å². The number of rotatable bonds is 8. The van der Waals surface area contributed by atoms with Crippen molar-refractivity contribution in [1.29, 1.82) is 0 Å². The van der Waals surface area contributed by atoms with E-state index in [9.17, 15) is 29.4 Å². The minimum atomic E-state index is -1.38. The number of esters is 1. The van der Waals surface area contributed by atoms with Crippen molar-refractivity contribution in [2.45, 2.75) is 31.3 Å². The number of phenols is 1. The van der Waals surface area contributed by atoms with E-state index in [1.165, 1.54) is 31.5 Å². The molecule has 1 unspecified atom stereocenters. The number of carboxylic acid groups (broad SMARTS) is 1. The molecular formula is C27H26ClFN4O7. The topological polar surface area (TPSA) is 150 Å². The van der Waals surface area contributed by atoms with E-state index in [0.717, 1.165) is 18.9 Å². The Balaban J connectivity index is 1.29. The SMILES string of the molecule is COC(=O)c1ccc(NC(=O)CNC2CCN(c3c(F)cc4c(=O)c(C(=O)O)cn(C5CC5)c4c3Cl)C2)cc1O. The molecule has 4 N–H and O–H groups in total. The monoisotopic (exact) mass is 572 g/mol. The fraction of sp³-hybridized carbons (Fsp3) is 0.333. The smallest absolute Gasteiger partial charge is 0.341 e. The van der Waals surface area contributed by atoms with E-state index < -0.39 is 28.7 Å². The number of nitrogens with one attached hydrogen (secondary N) is 2. The number of nitrogens with zero attached hydrogens (tertiary/aromatic N) is 2. The number of aromatic hydroxyl groups is 1. The Labute approximate surface area is 232 Å². The van der Waals surface area contributed by atoms with Gasteiger partial charge in [0.1, 0.15) is 22.7 Å². The van der Waals surface area contributed by atoms with E-state index in [1.54, 1.807) is 9.47 Å². The predicted octanol–water partition coefficient (Wildman–Crippen LogP) is 3.13. The molecule has 210 valence electrons. The van der Waals surface area contributed by atoms with Gasteiger partial charge in [-0.05, 0) is 37.5 Å². The van der Waals surface area contributed by atoms with Crippen molar-refractivity contribution in [3.63, 3.8) is 0 Å². The molecule has 1 saturated heterocycles. The summed E-state index contributed by atoms with van der Waals surface area (Å²) in [4.78, 5) is 50.2. The van der Waals surface area contributed by atoms with Crippen LogP contribution in [0.4, 0.5) is 15.8 Å². The molecule has 2 heterocycles. The number of halogens is 2. The Morgan fingerprint density at radius 2 is 1.93 bits per heavy atom. The summed E-state index contributed by atoms with van der Waals surface area (Å²) in [5, 5.41) is 25.2. The number of hydrogen-bond acceptors (Lipinski definition) is 8. The number of pyridine rings is 1. The number of aromatic carboxylic acids is 1.